The van der Waals surface area contributed by atoms with E-state index in [1.54, 1.807) is 13.0 Å². The molecule has 7 heteroatoms. The fourth-order valence-corrected chi connectivity index (χ4v) is 2.28. The minimum atomic E-state index is -0.509. The smallest absolute Gasteiger partial charge is 0.258 e. The molecule has 4 nitrogen and oxygen atoms in total. The van der Waals surface area contributed by atoms with E-state index in [9.17, 15) is 13.6 Å². The van der Waals surface area contributed by atoms with Gasteiger partial charge in [-0.3, -0.25) is 4.79 Å². The first-order chi connectivity index (χ1) is 11.4. The van der Waals surface area contributed by atoms with Crippen LogP contribution >= 0.6 is 11.6 Å². The first-order valence-corrected chi connectivity index (χ1v) is 7.49. The average molecular weight is 356 g/mol. The zero-order valence-electron chi connectivity index (χ0n) is 13.1. The van der Waals surface area contributed by atoms with E-state index in [1.165, 1.54) is 31.4 Å². The SMILES string of the molecule is COc1ccc([C@H](C)NC(=O)COc2ccc(F)cc2Cl)cc1F. The lowest BCUT2D eigenvalue weighted by atomic mass is 10.1. The summed E-state index contributed by atoms with van der Waals surface area (Å²) in [7, 11) is 1.38. The molecule has 0 bridgehead atoms. The van der Waals surface area contributed by atoms with Gasteiger partial charge in [0.15, 0.2) is 18.2 Å². The van der Waals surface area contributed by atoms with Crippen LogP contribution in [-0.2, 0) is 4.79 Å². The number of carbonyl (C=O) groups excluding carboxylic acids is 1. The number of hydrogen-bond acceptors (Lipinski definition) is 3. The summed E-state index contributed by atoms with van der Waals surface area (Å²) in [5.41, 5.74) is 0.585. The van der Waals surface area contributed by atoms with Crippen LogP contribution in [0.15, 0.2) is 36.4 Å². The molecule has 128 valence electrons. The molecule has 24 heavy (non-hydrogen) atoms. The fourth-order valence-electron chi connectivity index (χ4n) is 2.05. The number of benzene rings is 2. The highest BCUT2D eigenvalue weighted by Crippen LogP contribution is 2.25. The third-order valence-electron chi connectivity index (χ3n) is 3.31. The van der Waals surface area contributed by atoms with E-state index in [0.29, 0.717) is 5.56 Å². The molecule has 0 fully saturated rings. The summed E-state index contributed by atoms with van der Waals surface area (Å²) in [6, 6.07) is 7.63. The van der Waals surface area contributed by atoms with E-state index in [2.05, 4.69) is 5.32 Å². The molecule has 0 saturated heterocycles. The largest absolute Gasteiger partial charge is 0.494 e. The number of methoxy groups -OCH3 is 1. The Kier molecular flexibility index (Phi) is 5.98. The number of carbonyl (C=O) groups is 1. The van der Waals surface area contributed by atoms with Crippen LogP contribution in [0.3, 0.4) is 0 Å². The molecule has 0 radical (unpaired) electrons. The molecule has 2 aromatic carbocycles. The molecule has 0 aliphatic heterocycles. The number of halogens is 3. The van der Waals surface area contributed by atoms with E-state index >= 15 is 0 Å². The molecule has 0 unspecified atom stereocenters. The Labute approximate surface area is 143 Å². The molecule has 0 aromatic heterocycles. The van der Waals surface area contributed by atoms with Crippen LogP contribution in [0.25, 0.3) is 0 Å². The van der Waals surface area contributed by atoms with Gasteiger partial charge < -0.3 is 14.8 Å². The quantitative estimate of drug-likeness (QED) is 0.855. The maximum atomic E-state index is 13.7. The van der Waals surface area contributed by atoms with Crippen LogP contribution in [0.4, 0.5) is 8.78 Å². The maximum absolute atomic E-state index is 13.7. The van der Waals surface area contributed by atoms with Crippen molar-refractivity contribution in [2.45, 2.75) is 13.0 Å². The zero-order chi connectivity index (χ0) is 17.7. The molecule has 0 saturated carbocycles. The minimum absolute atomic E-state index is 0.0769. The van der Waals surface area contributed by atoms with Crippen LogP contribution in [0.2, 0.25) is 5.02 Å². The van der Waals surface area contributed by atoms with Gasteiger partial charge in [-0.05, 0) is 42.8 Å². The normalized spacial score (nSPS) is 11.7. The molecule has 2 aromatic rings. The van der Waals surface area contributed by atoms with E-state index < -0.39 is 23.6 Å². The molecule has 1 atom stereocenters. The van der Waals surface area contributed by atoms with Gasteiger partial charge in [0.25, 0.3) is 5.91 Å². The van der Waals surface area contributed by atoms with Crippen LogP contribution in [0.5, 0.6) is 11.5 Å². The lowest BCUT2D eigenvalue weighted by molar-refractivity contribution is -0.123. The van der Waals surface area contributed by atoms with Crippen molar-refractivity contribution >= 4 is 17.5 Å². The average Bonchev–Trinajstić information content (AvgIpc) is 2.53. The summed E-state index contributed by atoms with van der Waals surface area (Å²) < 4.78 is 36.7. The Morgan fingerprint density at radius 3 is 2.54 bits per heavy atom. The Morgan fingerprint density at radius 1 is 1.21 bits per heavy atom. The van der Waals surface area contributed by atoms with Gasteiger partial charge in [-0.1, -0.05) is 17.7 Å². The van der Waals surface area contributed by atoms with Gasteiger partial charge in [-0.25, -0.2) is 8.78 Å². The standard InChI is InChI=1S/C17H16ClF2NO3/c1-10(11-3-5-16(23-2)14(20)7-11)21-17(22)9-24-15-6-4-12(19)8-13(15)18/h3-8,10H,9H2,1-2H3,(H,21,22)/t10-/m0/s1. The second-order valence-electron chi connectivity index (χ2n) is 5.05. The zero-order valence-corrected chi connectivity index (χ0v) is 13.9. The van der Waals surface area contributed by atoms with Crippen LogP contribution < -0.4 is 14.8 Å². The number of hydrogen-bond donors (Lipinski definition) is 1. The highest BCUT2D eigenvalue weighted by molar-refractivity contribution is 6.32. The summed E-state index contributed by atoms with van der Waals surface area (Å²) in [5.74, 6) is -1.08. The number of rotatable bonds is 6. The molecular formula is C17H16ClF2NO3. The summed E-state index contributed by atoms with van der Waals surface area (Å²) in [6.07, 6.45) is 0. The van der Waals surface area contributed by atoms with Gasteiger partial charge in [-0.2, -0.15) is 0 Å². The molecule has 0 heterocycles. The Balaban J connectivity index is 1.93. The van der Waals surface area contributed by atoms with E-state index in [4.69, 9.17) is 21.1 Å². The Morgan fingerprint density at radius 2 is 1.92 bits per heavy atom. The predicted octanol–water partition coefficient (Wildman–Crippen LogP) is 3.88. The molecule has 0 aliphatic rings. The van der Waals surface area contributed by atoms with Gasteiger partial charge in [0.2, 0.25) is 0 Å². The van der Waals surface area contributed by atoms with Crippen molar-refractivity contribution in [2.75, 3.05) is 13.7 Å². The maximum Gasteiger partial charge on any atom is 0.258 e. The van der Waals surface area contributed by atoms with Crippen LogP contribution in [0, 0.1) is 11.6 Å². The second-order valence-corrected chi connectivity index (χ2v) is 5.45. The van der Waals surface area contributed by atoms with Crippen molar-refractivity contribution in [3.63, 3.8) is 0 Å². The van der Waals surface area contributed by atoms with Crippen molar-refractivity contribution in [3.8, 4) is 11.5 Å². The summed E-state index contributed by atoms with van der Waals surface area (Å²) >= 11 is 5.81. The first kappa shape index (κ1) is 18.0. The third-order valence-corrected chi connectivity index (χ3v) is 3.60. The number of nitrogens with one attached hydrogen (secondary N) is 1. The van der Waals surface area contributed by atoms with E-state index in [-0.39, 0.29) is 23.1 Å². The van der Waals surface area contributed by atoms with E-state index in [0.717, 1.165) is 6.07 Å². The van der Waals surface area contributed by atoms with Crippen molar-refractivity contribution < 1.29 is 23.0 Å². The van der Waals surface area contributed by atoms with Gasteiger partial charge in [0, 0.05) is 0 Å². The van der Waals surface area contributed by atoms with Gasteiger partial charge >= 0.3 is 0 Å². The van der Waals surface area contributed by atoms with Crippen LogP contribution in [0.1, 0.15) is 18.5 Å². The molecule has 0 aliphatic carbocycles. The van der Waals surface area contributed by atoms with Gasteiger partial charge in [0.1, 0.15) is 11.6 Å². The molecule has 0 spiro atoms. The molecule has 1 N–H and O–H groups in total. The van der Waals surface area contributed by atoms with Gasteiger partial charge in [-0.15, -0.1) is 0 Å². The first-order valence-electron chi connectivity index (χ1n) is 7.11. The third kappa shape index (κ3) is 4.58. The second kappa shape index (κ2) is 7.97. The monoisotopic (exact) mass is 355 g/mol. The summed E-state index contributed by atoms with van der Waals surface area (Å²) in [4.78, 5) is 11.9. The molecular weight excluding hydrogens is 340 g/mol. The van der Waals surface area contributed by atoms with Crippen molar-refractivity contribution in [1.29, 1.82) is 0 Å². The molecule has 1 amide bonds. The Bertz CT molecular complexity index is 740. The lowest BCUT2D eigenvalue weighted by Gasteiger charge is -2.16. The fraction of sp³-hybridized carbons (Fsp3) is 0.235. The Hall–Kier alpha value is -2.34. The van der Waals surface area contributed by atoms with Crippen molar-refractivity contribution in [1.82, 2.24) is 5.32 Å². The van der Waals surface area contributed by atoms with E-state index in [1.807, 2.05) is 0 Å². The summed E-state index contributed by atoms with van der Waals surface area (Å²) in [6.45, 7) is 1.42. The summed E-state index contributed by atoms with van der Waals surface area (Å²) in [5, 5.41) is 2.75. The topological polar surface area (TPSA) is 47.6 Å². The minimum Gasteiger partial charge on any atom is -0.494 e. The predicted molar refractivity (Wildman–Crippen MR) is 86.4 cm³/mol. The number of ether oxygens (including phenoxy) is 2. The number of amides is 1. The van der Waals surface area contributed by atoms with Crippen molar-refractivity contribution in [2.24, 2.45) is 0 Å². The van der Waals surface area contributed by atoms with Gasteiger partial charge in [0.05, 0.1) is 18.2 Å². The highest BCUT2D eigenvalue weighted by atomic mass is 35.5. The lowest BCUT2D eigenvalue weighted by Crippen LogP contribution is -2.31. The van der Waals surface area contributed by atoms with Crippen molar-refractivity contribution in [3.05, 3.63) is 58.6 Å². The highest BCUT2D eigenvalue weighted by Gasteiger charge is 2.13. The molecule has 2 rings (SSSR count). The van der Waals surface area contributed by atoms with Crippen LogP contribution in [-0.4, -0.2) is 19.6 Å².